The number of hydrazine groups is 1. The van der Waals surface area contributed by atoms with Gasteiger partial charge in [-0.05, 0) is 42.0 Å². The number of carbonyl (C=O) groups excluding carboxylic acids is 2. The molecule has 0 atom stereocenters. The van der Waals surface area contributed by atoms with Crippen molar-refractivity contribution in [1.29, 1.82) is 0 Å². The van der Waals surface area contributed by atoms with Crippen LogP contribution in [0.2, 0.25) is 0 Å². The lowest BCUT2D eigenvalue weighted by atomic mass is 10.1. The standard InChI is InChI=1S/C23H18N4O4S/c28-21(26-27-22(29)16-4-3-7-19-20(16)31-13-30-19)15-10-8-14(9-11-15)12-32-23-24-17-5-1-2-6-18(17)25-23/h1-11H,12-13H2,(H,24,25)(H,26,28)(H,27,29). The minimum atomic E-state index is -0.487. The van der Waals surface area contributed by atoms with E-state index in [0.29, 0.717) is 28.4 Å². The van der Waals surface area contributed by atoms with Crippen molar-refractivity contribution in [3.8, 4) is 11.5 Å². The second-order valence-electron chi connectivity index (χ2n) is 6.99. The Morgan fingerprint density at radius 2 is 1.75 bits per heavy atom. The number of ether oxygens (including phenoxy) is 2. The molecule has 4 aromatic rings. The maximum absolute atomic E-state index is 12.4. The number of para-hydroxylation sites is 3. The third-order valence-corrected chi connectivity index (χ3v) is 5.83. The van der Waals surface area contributed by atoms with Crippen LogP contribution in [0.15, 0.2) is 71.9 Å². The maximum Gasteiger partial charge on any atom is 0.273 e. The van der Waals surface area contributed by atoms with Gasteiger partial charge in [0.2, 0.25) is 6.79 Å². The van der Waals surface area contributed by atoms with Crippen molar-refractivity contribution >= 4 is 34.6 Å². The van der Waals surface area contributed by atoms with E-state index in [-0.39, 0.29) is 6.79 Å². The van der Waals surface area contributed by atoms with Crippen LogP contribution in [0, 0.1) is 0 Å². The van der Waals surface area contributed by atoms with Crippen LogP contribution in [0.25, 0.3) is 11.0 Å². The Balaban J connectivity index is 1.16. The van der Waals surface area contributed by atoms with Gasteiger partial charge in [-0.3, -0.25) is 20.4 Å². The van der Waals surface area contributed by atoms with Crippen LogP contribution in [-0.2, 0) is 5.75 Å². The van der Waals surface area contributed by atoms with Crippen LogP contribution < -0.4 is 20.3 Å². The lowest BCUT2D eigenvalue weighted by molar-refractivity contribution is 0.0844. The highest BCUT2D eigenvalue weighted by atomic mass is 32.2. The molecule has 2 amide bonds. The Bertz CT molecular complexity index is 1270. The normalized spacial score (nSPS) is 12.0. The van der Waals surface area contributed by atoms with Gasteiger partial charge in [-0.2, -0.15) is 0 Å². The Labute approximate surface area is 187 Å². The molecule has 0 spiro atoms. The Kier molecular flexibility index (Phi) is 5.39. The van der Waals surface area contributed by atoms with Crippen LogP contribution in [-0.4, -0.2) is 28.6 Å². The van der Waals surface area contributed by atoms with E-state index in [1.165, 1.54) is 0 Å². The van der Waals surface area contributed by atoms with E-state index in [1.54, 1.807) is 42.1 Å². The number of thioether (sulfide) groups is 1. The van der Waals surface area contributed by atoms with Gasteiger partial charge >= 0.3 is 0 Å². The topological polar surface area (TPSA) is 105 Å². The quantitative estimate of drug-likeness (QED) is 0.319. The number of amides is 2. The van der Waals surface area contributed by atoms with E-state index in [1.807, 2.05) is 36.4 Å². The van der Waals surface area contributed by atoms with E-state index in [9.17, 15) is 9.59 Å². The number of H-pyrrole nitrogens is 1. The lowest BCUT2D eigenvalue weighted by Gasteiger charge is -2.09. The van der Waals surface area contributed by atoms with Crippen LogP contribution >= 0.6 is 11.8 Å². The summed E-state index contributed by atoms with van der Waals surface area (Å²) in [5.74, 6) is 0.671. The number of aromatic nitrogens is 2. The molecule has 1 aromatic heterocycles. The molecule has 1 aliphatic rings. The Morgan fingerprint density at radius 1 is 0.938 bits per heavy atom. The van der Waals surface area contributed by atoms with E-state index in [4.69, 9.17) is 9.47 Å². The zero-order valence-corrected chi connectivity index (χ0v) is 17.6. The number of carbonyl (C=O) groups is 2. The predicted octanol–water partition coefficient (Wildman–Crippen LogP) is 3.66. The molecule has 2 heterocycles. The first-order valence-corrected chi connectivity index (χ1v) is 10.8. The smallest absolute Gasteiger partial charge is 0.273 e. The number of hydrogen-bond donors (Lipinski definition) is 3. The van der Waals surface area contributed by atoms with Gasteiger partial charge < -0.3 is 14.5 Å². The van der Waals surface area contributed by atoms with Crippen molar-refractivity contribution in [1.82, 2.24) is 20.8 Å². The van der Waals surface area contributed by atoms with E-state index in [0.717, 1.165) is 21.8 Å². The van der Waals surface area contributed by atoms with Gasteiger partial charge in [0.15, 0.2) is 16.7 Å². The van der Waals surface area contributed by atoms with Crippen LogP contribution in [0.4, 0.5) is 0 Å². The van der Waals surface area contributed by atoms with Gasteiger partial charge in [-0.15, -0.1) is 0 Å². The number of imidazole rings is 1. The Morgan fingerprint density at radius 3 is 2.59 bits per heavy atom. The van der Waals surface area contributed by atoms with E-state index in [2.05, 4.69) is 20.8 Å². The number of nitrogens with one attached hydrogen (secondary N) is 3. The summed E-state index contributed by atoms with van der Waals surface area (Å²) in [4.78, 5) is 32.6. The summed E-state index contributed by atoms with van der Waals surface area (Å²) in [6, 6.07) is 20.1. The number of rotatable bonds is 5. The fourth-order valence-electron chi connectivity index (χ4n) is 3.26. The Hall–Kier alpha value is -3.98. The number of aromatic amines is 1. The predicted molar refractivity (Wildman–Crippen MR) is 120 cm³/mol. The van der Waals surface area contributed by atoms with Gasteiger partial charge in [0.25, 0.3) is 11.8 Å². The first-order chi connectivity index (χ1) is 15.7. The van der Waals surface area contributed by atoms with Crippen molar-refractivity contribution in [3.63, 3.8) is 0 Å². The molecule has 0 bridgehead atoms. The monoisotopic (exact) mass is 446 g/mol. The highest BCUT2D eigenvalue weighted by Crippen LogP contribution is 2.35. The van der Waals surface area contributed by atoms with Crippen molar-refractivity contribution in [2.24, 2.45) is 0 Å². The molecule has 0 saturated heterocycles. The molecule has 5 rings (SSSR count). The molecule has 160 valence electrons. The highest BCUT2D eigenvalue weighted by molar-refractivity contribution is 7.98. The summed E-state index contributed by atoms with van der Waals surface area (Å²) >= 11 is 1.59. The average molecular weight is 446 g/mol. The molecular weight excluding hydrogens is 428 g/mol. The van der Waals surface area contributed by atoms with Crippen LogP contribution in [0.3, 0.4) is 0 Å². The minimum Gasteiger partial charge on any atom is -0.454 e. The molecule has 0 radical (unpaired) electrons. The molecule has 3 aromatic carbocycles. The van der Waals surface area contributed by atoms with Gasteiger partial charge in [0, 0.05) is 11.3 Å². The number of hydrogen-bond acceptors (Lipinski definition) is 6. The highest BCUT2D eigenvalue weighted by Gasteiger charge is 2.22. The number of nitrogens with zero attached hydrogens (tertiary/aromatic N) is 1. The first-order valence-electron chi connectivity index (χ1n) is 9.83. The van der Waals surface area contributed by atoms with Crippen LogP contribution in [0.1, 0.15) is 26.3 Å². The molecule has 8 nitrogen and oxygen atoms in total. The molecule has 0 saturated carbocycles. The molecule has 0 unspecified atom stereocenters. The third kappa shape index (κ3) is 4.10. The van der Waals surface area contributed by atoms with Gasteiger partial charge in [0.05, 0.1) is 16.6 Å². The molecule has 32 heavy (non-hydrogen) atoms. The fourth-order valence-corrected chi connectivity index (χ4v) is 4.10. The zero-order valence-electron chi connectivity index (χ0n) is 16.8. The second-order valence-corrected chi connectivity index (χ2v) is 7.96. The lowest BCUT2D eigenvalue weighted by Crippen LogP contribution is -2.41. The van der Waals surface area contributed by atoms with Crippen molar-refractivity contribution in [3.05, 3.63) is 83.4 Å². The average Bonchev–Trinajstić information content (AvgIpc) is 3.47. The fraction of sp³-hybridized carbons (Fsp3) is 0.0870. The first kappa shape index (κ1) is 20.0. The van der Waals surface area contributed by atoms with Crippen LogP contribution in [0.5, 0.6) is 11.5 Å². The van der Waals surface area contributed by atoms with E-state index >= 15 is 0 Å². The van der Waals surface area contributed by atoms with Crippen molar-refractivity contribution in [2.45, 2.75) is 10.9 Å². The van der Waals surface area contributed by atoms with E-state index < -0.39 is 11.8 Å². The molecule has 0 aliphatic carbocycles. The SMILES string of the molecule is O=C(NNC(=O)c1cccc2c1OCO2)c1ccc(CSc2nc3ccccc3[nH]2)cc1. The summed E-state index contributed by atoms with van der Waals surface area (Å²) in [6.07, 6.45) is 0. The molecule has 0 fully saturated rings. The van der Waals surface area contributed by atoms with Crippen molar-refractivity contribution < 1.29 is 19.1 Å². The second kappa shape index (κ2) is 8.64. The molecule has 1 aliphatic heterocycles. The molecule has 3 N–H and O–H groups in total. The maximum atomic E-state index is 12.4. The summed E-state index contributed by atoms with van der Waals surface area (Å²) in [6.45, 7) is 0.0625. The summed E-state index contributed by atoms with van der Waals surface area (Å²) in [5.41, 5.74) is 8.54. The van der Waals surface area contributed by atoms with Gasteiger partial charge in [0.1, 0.15) is 0 Å². The third-order valence-electron chi connectivity index (χ3n) is 4.89. The summed E-state index contributed by atoms with van der Waals surface area (Å²) < 4.78 is 10.6. The zero-order chi connectivity index (χ0) is 21.9. The van der Waals surface area contributed by atoms with Gasteiger partial charge in [-0.25, -0.2) is 4.98 Å². The van der Waals surface area contributed by atoms with Gasteiger partial charge in [-0.1, -0.05) is 42.1 Å². The molecule has 9 heteroatoms. The minimum absolute atomic E-state index is 0.0625. The summed E-state index contributed by atoms with van der Waals surface area (Å²) in [7, 11) is 0. The summed E-state index contributed by atoms with van der Waals surface area (Å²) in [5, 5.41) is 0.845. The number of benzene rings is 3. The molecular formula is C23H18N4O4S. The largest absolute Gasteiger partial charge is 0.454 e. The number of fused-ring (bicyclic) bond motifs is 2. The van der Waals surface area contributed by atoms with Crippen molar-refractivity contribution in [2.75, 3.05) is 6.79 Å².